The van der Waals surface area contributed by atoms with Gasteiger partial charge >= 0.3 is 6.18 Å². The van der Waals surface area contributed by atoms with Gasteiger partial charge < -0.3 is 0 Å². The number of hydrogen-bond donors (Lipinski definition) is 0. The number of nitrogens with zero attached hydrogens (tertiary/aromatic N) is 1. The molecule has 0 heterocycles. The first-order chi connectivity index (χ1) is 6.91. The first kappa shape index (κ1) is 11.5. The molecule has 0 fully saturated rings. The Labute approximate surface area is 83.9 Å². The second-order valence-corrected chi connectivity index (χ2v) is 2.91. The SMILES string of the molecule is CCc1c(F)ccc(C#N)c1C(F)(F)F. The van der Waals surface area contributed by atoms with Crippen LogP contribution in [0.5, 0.6) is 0 Å². The maximum atomic E-state index is 13.1. The summed E-state index contributed by atoms with van der Waals surface area (Å²) in [5, 5.41) is 8.52. The first-order valence-corrected chi connectivity index (χ1v) is 4.20. The van der Waals surface area contributed by atoms with Gasteiger partial charge in [-0.1, -0.05) is 6.92 Å². The van der Waals surface area contributed by atoms with Gasteiger partial charge in [-0.3, -0.25) is 0 Å². The van der Waals surface area contributed by atoms with E-state index in [9.17, 15) is 17.6 Å². The van der Waals surface area contributed by atoms with Crippen molar-refractivity contribution in [2.24, 2.45) is 0 Å². The molecule has 5 heteroatoms. The number of rotatable bonds is 1. The Bertz CT molecular complexity index is 415. The molecule has 0 amide bonds. The minimum absolute atomic E-state index is 0.101. The summed E-state index contributed by atoms with van der Waals surface area (Å²) in [6.45, 7) is 1.41. The molecule has 0 bridgehead atoms. The zero-order chi connectivity index (χ0) is 11.6. The van der Waals surface area contributed by atoms with Crippen molar-refractivity contribution in [2.45, 2.75) is 19.5 Å². The van der Waals surface area contributed by atoms with E-state index in [1.165, 1.54) is 13.0 Å². The van der Waals surface area contributed by atoms with Crippen molar-refractivity contribution in [3.8, 4) is 6.07 Å². The second kappa shape index (κ2) is 3.89. The summed E-state index contributed by atoms with van der Waals surface area (Å²) in [5.74, 6) is -0.927. The lowest BCUT2D eigenvalue weighted by Crippen LogP contribution is -2.13. The largest absolute Gasteiger partial charge is 0.418 e. The smallest absolute Gasteiger partial charge is 0.207 e. The van der Waals surface area contributed by atoms with E-state index in [0.29, 0.717) is 0 Å². The van der Waals surface area contributed by atoms with E-state index < -0.39 is 28.7 Å². The van der Waals surface area contributed by atoms with E-state index >= 15 is 0 Å². The molecule has 0 saturated heterocycles. The predicted octanol–water partition coefficient (Wildman–Crippen LogP) is 3.28. The van der Waals surface area contributed by atoms with Crippen molar-refractivity contribution in [1.29, 1.82) is 5.26 Å². The highest BCUT2D eigenvalue weighted by Gasteiger charge is 2.37. The van der Waals surface area contributed by atoms with Gasteiger partial charge in [0.15, 0.2) is 0 Å². The Morgan fingerprint density at radius 3 is 2.33 bits per heavy atom. The maximum absolute atomic E-state index is 13.1. The number of benzene rings is 1. The monoisotopic (exact) mass is 217 g/mol. The molecule has 0 aliphatic heterocycles. The summed E-state index contributed by atoms with van der Waals surface area (Å²) in [7, 11) is 0. The Morgan fingerprint density at radius 2 is 1.93 bits per heavy atom. The van der Waals surface area contributed by atoms with Crippen LogP contribution in [0.4, 0.5) is 17.6 Å². The van der Waals surface area contributed by atoms with Gasteiger partial charge in [-0.05, 0) is 18.6 Å². The fourth-order valence-corrected chi connectivity index (χ4v) is 1.39. The fraction of sp³-hybridized carbons (Fsp3) is 0.300. The Balaban J connectivity index is 3.57. The highest BCUT2D eigenvalue weighted by molar-refractivity contribution is 5.45. The lowest BCUT2D eigenvalue weighted by Gasteiger charge is -2.13. The van der Waals surface area contributed by atoms with Gasteiger partial charge in [-0.15, -0.1) is 0 Å². The highest BCUT2D eigenvalue weighted by atomic mass is 19.4. The van der Waals surface area contributed by atoms with E-state index in [1.54, 1.807) is 0 Å². The number of halogens is 4. The van der Waals surface area contributed by atoms with Gasteiger partial charge in [0.2, 0.25) is 0 Å². The molecule has 1 aromatic carbocycles. The van der Waals surface area contributed by atoms with E-state index in [4.69, 9.17) is 5.26 Å². The summed E-state index contributed by atoms with van der Waals surface area (Å²) in [5.41, 5.74) is -2.16. The van der Waals surface area contributed by atoms with E-state index in [0.717, 1.165) is 12.1 Å². The molecular weight excluding hydrogens is 210 g/mol. The minimum Gasteiger partial charge on any atom is -0.207 e. The van der Waals surface area contributed by atoms with Crippen LogP contribution in [0.3, 0.4) is 0 Å². The molecule has 0 aliphatic carbocycles. The van der Waals surface area contributed by atoms with Crippen molar-refractivity contribution in [1.82, 2.24) is 0 Å². The van der Waals surface area contributed by atoms with E-state index in [2.05, 4.69) is 0 Å². The second-order valence-electron chi connectivity index (χ2n) is 2.91. The minimum atomic E-state index is -4.70. The number of hydrogen-bond acceptors (Lipinski definition) is 1. The van der Waals surface area contributed by atoms with Crippen molar-refractivity contribution in [2.75, 3.05) is 0 Å². The molecule has 0 atom stereocenters. The van der Waals surface area contributed by atoms with Crippen molar-refractivity contribution < 1.29 is 17.6 Å². The zero-order valence-electron chi connectivity index (χ0n) is 7.82. The molecule has 0 radical (unpaired) electrons. The molecule has 15 heavy (non-hydrogen) atoms. The van der Waals surface area contributed by atoms with Crippen LogP contribution in [0, 0.1) is 17.1 Å². The van der Waals surface area contributed by atoms with Crippen LogP contribution in [0.1, 0.15) is 23.6 Å². The predicted molar refractivity (Wildman–Crippen MR) is 45.5 cm³/mol. The maximum Gasteiger partial charge on any atom is 0.418 e. The van der Waals surface area contributed by atoms with E-state index in [1.807, 2.05) is 0 Å². The van der Waals surface area contributed by atoms with Gasteiger partial charge in [-0.25, -0.2) is 4.39 Å². The topological polar surface area (TPSA) is 23.8 Å². The Morgan fingerprint density at radius 1 is 1.33 bits per heavy atom. The molecule has 0 aromatic heterocycles. The normalized spacial score (nSPS) is 11.2. The Hall–Kier alpha value is -1.57. The molecule has 1 nitrogen and oxygen atoms in total. The molecule has 0 saturated carbocycles. The van der Waals surface area contributed by atoms with Gasteiger partial charge in [0.1, 0.15) is 5.82 Å². The molecule has 80 valence electrons. The fourth-order valence-electron chi connectivity index (χ4n) is 1.39. The lowest BCUT2D eigenvalue weighted by molar-refractivity contribution is -0.138. The number of alkyl halides is 3. The van der Waals surface area contributed by atoms with Crippen molar-refractivity contribution >= 4 is 0 Å². The molecule has 0 unspecified atom stereocenters. The summed E-state index contributed by atoms with van der Waals surface area (Å²) in [4.78, 5) is 0. The third-order valence-electron chi connectivity index (χ3n) is 2.01. The van der Waals surface area contributed by atoms with Gasteiger partial charge in [0.25, 0.3) is 0 Å². The standard InChI is InChI=1S/C10H7F4N/c1-2-7-8(11)4-3-6(5-15)9(7)10(12,13)14/h3-4H,2H2,1H3. The van der Waals surface area contributed by atoms with Gasteiger partial charge in [0, 0.05) is 5.56 Å². The molecular formula is C10H7F4N. The summed E-state index contributed by atoms with van der Waals surface area (Å²) >= 11 is 0. The summed E-state index contributed by atoms with van der Waals surface area (Å²) in [6.07, 6.45) is -4.80. The van der Waals surface area contributed by atoms with Crippen LogP contribution in [-0.2, 0) is 12.6 Å². The van der Waals surface area contributed by atoms with Crippen LogP contribution in [0.2, 0.25) is 0 Å². The average Bonchev–Trinajstić information content (AvgIpc) is 2.15. The number of nitriles is 1. The molecule has 1 rings (SSSR count). The average molecular weight is 217 g/mol. The zero-order valence-corrected chi connectivity index (χ0v) is 7.82. The third-order valence-corrected chi connectivity index (χ3v) is 2.01. The molecule has 0 spiro atoms. The van der Waals surface area contributed by atoms with Crippen LogP contribution >= 0.6 is 0 Å². The van der Waals surface area contributed by atoms with Crippen molar-refractivity contribution in [3.05, 3.63) is 34.6 Å². The summed E-state index contributed by atoms with van der Waals surface area (Å²) < 4.78 is 50.7. The van der Waals surface area contributed by atoms with Crippen LogP contribution in [0.25, 0.3) is 0 Å². The molecule has 1 aromatic rings. The van der Waals surface area contributed by atoms with Gasteiger partial charge in [-0.2, -0.15) is 18.4 Å². The highest BCUT2D eigenvalue weighted by Crippen LogP contribution is 2.35. The molecule has 0 aliphatic rings. The van der Waals surface area contributed by atoms with Crippen LogP contribution < -0.4 is 0 Å². The van der Waals surface area contributed by atoms with Crippen LogP contribution in [-0.4, -0.2) is 0 Å². The quantitative estimate of drug-likeness (QED) is 0.662. The Kier molecular flexibility index (Phi) is 2.98. The van der Waals surface area contributed by atoms with Crippen LogP contribution in [0.15, 0.2) is 12.1 Å². The van der Waals surface area contributed by atoms with Crippen molar-refractivity contribution in [3.63, 3.8) is 0 Å². The lowest BCUT2D eigenvalue weighted by atomic mass is 9.99. The first-order valence-electron chi connectivity index (χ1n) is 4.20. The summed E-state index contributed by atoms with van der Waals surface area (Å²) in [6, 6.07) is 3.14. The molecule has 0 N–H and O–H groups in total. The van der Waals surface area contributed by atoms with Gasteiger partial charge in [0.05, 0.1) is 17.2 Å². The van der Waals surface area contributed by atoms with E-state index in [-0.39, 0.29) is 6.42 Å². The third kappa shape index (κ3) is 2.09.